The van der Waals surface area contributed by atoms with E-state index in [2.05, 4.69) is 20.8 Å². The molecule has 0 saturated heterocycles. The number of carbonyl (C=O) groups excluding carboxylic acids is 1. The number of nitrogens with one attached hydrogen (secondary N) is 1. The number of aryl methyl sites for hydroxylation is 1. The number of carbonyl (C=O) groups is 1. The van der Waals surface area contributed by atoms with Gasteiger partial charge in [0, 0.05) is 24.7 Å². The summed E-state index contributed by atoms with van der Waals surface area (Å²) in [6.45, 7) is 1.66. The van der Waals surface area contributed by atoms with Crippen molar-refractivity contribution in [3.05, 3.63) is 24.3 Å². The highest BCUT2D eigenvalue weighted by molar-refractivity contribution is 5.91. The van der Waals surface area contributed by atoms with E-state index in [0.717, 1.165) is 5.56 Å². The Morgan fingerprint density at radius 1 is 1.50 bits per heavy atom. The number of tetrazole rings is 1. The Morgan fingerprint density at radius 2 is 2.30 bits per heavy atom. The molecule has 2 rings (SSSR count). The third-order valence-corrected chi connectivity index (χ3v) is 2.81. The van der Waals surface area contributed by atoms with Gasteiger partial charge in [0.2, 0.25) is 5.91 Å². The van der Waals surface area contributed by atoms with Gasteiger partial charge in [-0.25, -0.2) is 4.68 Å². The number of nitrogens with zero attached hydrogens (tertiary/aromatic N) is 4. The largest absolute Gasteiger partial charge is 0.393 e. The summed E-state index contributed by atoms with van der Waals surface area (Å²) in [4.78, 5) is 11.7. The number of anilines is 1. The lowest BCUT2D eigenvalue weighted by molar-refractivity contribution is -0.116. The second-order valence-electron chi connectivity index (χ2n) is 4.64. The quantitative estimate of drug-likeness (QED) is 0.848. The summed E-state index contributed by atoms with van der Waals surface area (Å²) in [5.74, 6) is 0.504. The predicted molar refractivity (Wildman–Crippen MR) is 73.8 cm³/mol. The predicted octanol–water partition coefficient (Wildman–Crippen LogP) is 0.977. The first-order chi connectivity index (χ1) is 9.56. The standard InChI is InChI=1S/C13H17N5O2/c1-9(19)6-7-12(20)14-11-5-3-4-10(8-11)13-15-16-17-18(13)2/h3-5,8-9,19H,6-7H2,1-2H3,(H,14,20). The van der Waals surface area contributed by atoms with Gasteiger partial charge in [-0.1, -0.05) is 12.1 Å². The first-order valence-electron chi connectivity index (χ1n) is 6.37. The van der Waals surface area contributed by atoms with Crippen LogP contribution in [-0.4, -0.2) is 37.3 Å². The number of rotatable bonds is 5. The molecule has 0 saturated carbocycles. The fourth-order valence-electron chi connectivity index (χ4n) is 1.77. The van der Waals surface area contributed by atoms with Crippen LogP contribution >= 0.6 is 0 Å². The van der Waals surface area contributed by atoms with Gasteiger partial charge in [0.15, 0.2) is 5.82 Å². The van der Waals surface area contributed by atoms with Crippen molar-refractivity contribution in [3.8, 4) is 11.4 Å². The Balaban J connectivity index is 2.07. The van der Waals surface area contributed by atoms with Crippen LogP contribution in [0, 0.1) is 0 Å². The molecule has 0 aliphatic heterocycles. The summed E-state index contributed by atoms with van der Waals surface area (Å²) in [7, 11) is 1.75. The highest BCUT2D eigenvalue weighted by Crippen LogP contribution is 2.19. The Hall–Kier alpha value is -2.28. The number of amides is 1. The minimum absolute atomic E-state index is 0.126. The summed E-state index contributed by atoms with van der Waals surface area (Å²) in [5, 5.41) is 23.2. The van der Waals surface area contributed by atoms with Gasteiger partial charge < -0.3 is 10.4 Å². The maximum Gasteiger partial charge on any atom is 0.224 e. The third-order valence-electron chi connectivity index (χ3n) is 2.81. The smallest absolute Gasteiger partial charge is 0.224 e. The molecule has 2 aromatic rings. The second-order valence-corrected chi connectivity index (χ2v) is 4.64. The molecular formula is C13H17N5O2. The summed E-state index contributed by atoms with van der Waals surface area (Å²) in [6, 6.07) is 7.31. The van der Waals surface area contributed by atoms with E-state index in [1.807, 2.05) is 18.2 Å². The van der Waals surface area contributed by atoms with Gasteiger partial charge in [0.05, 0.1) is 6.10 Å². The molecular weight excluding hydrogens is 258 g/mol. The molecule has 1 aromatic carbocycles. The molecule has 20 heavy (non-hydrogen) atoms. The lowest BCUT2D eigenvalue weighted by atomic mass is 10.1. The Labute approximate surface area is 116 Å². The zero-order valence-electron chi connectivity index (χ0n) is 11.4. The van der Waals surface area contributed by atoms with Crippen LogP contribution in [0.4, 0.5) is 5.69 Å². The van der Waals surface area contributed by atoms with Gasteiger partial charge >= 0.3 is 0 Å². The molecule has 0 aliphatic rings. The van der Waals surface area contributed by atoms with Crippen LogP contribution < -0.4 is 5.32 Å². The van der Waals surface area contributed by atoms with Crippen LogP contribution in [0.1, 0.15) is 19.8 Å². The van der Waals surface area contributed by atoms with E-state index in [1.165, 1.54) is 0 Å². The van der Waals surface area contributed by atoms with E-state index in [0.29, 0.717) is 17.9 Å². The SMILES string of the molecule is CC(O)CCC(=O)Nc1cccc(-c2nnnn2C)c1. The number of aliphatic hydroxyl groups excluding tert-OH is 1. The summed E-state index contributed by atoms with van der Waals surface area (Å²) in [5.41, 5.74) is 1.51. The molecule has 7 heteroatoms. The van der Waals surface area contributed by atoms with Gasteiger partial charge in [-0.05, 0) is 35.9 Å². The molecule has 7 nitrogen and oxygen atoms in total. The van der Waals surface area contributed by atoms with E-state index in [-0.39, 0.29) is 12.3 Å². The van der Waals surface area contributed by atoms with E-state index in [1.54, 1.807) is 24.7 Å². The van der Waals surface area contributed by atoms with E-state index in [4.69, 9.17) is 5.11 Å². The van der Waals surface area contributed by atoms with Crippen LogP contribution in [0.2, 0.25) is 0 Å². The summed E-state index contributed by atoms with van der Waals surface area (Å²) in [6.07, 6.45) is 0.253. The van der Waals surface area contributed by atoms with Gasteiger partial charge in [-0.15, -0.1) is 5.10 Å². The number of aliphatic hydroxyl groups is 1. The van der Waals surface area contributed by atoms with Crippen molar-refractivity contribution >= 4 is 11.6 Å². The van der Waals surface area contributed by atoms with Crippen LogP contribution in [0.25, 0.3) is 11.4 Å². The molecule has 1 unspecified atom stereocenters. The Morgan fingerprint density at radius 3 is 2.95 bits per heavy atom. The lowest BCUT2D eigenvalue weighted by Gasteiger charge is -2.07. The van der Waals surface area contributed by atoms with Crippen molar-refractivity contribution in [2.75, 3.05) is 5.32 Å². The minimum atomic E-state index is -0.475. The van der Waals surface area contributed by atoms with Crippen LogP contribution in [0.3, 0.4) is 0 Å². The van der Waals surface area contributed by atoms with Crippen molar-refractivity contribution in [3.63, 3.8) is 0 Å². The molecule has 2 N–H and O–H groups in total. The van der Waals surface area contributed by atoms with Gasteiger partial charge in [0.1, 0.15) is 0 Å². The number of benzene rings is 1. The van der Waals surface area contributed by atoms with Crippen LogP contribution in [0.5, 0.6) is 0 Å². The average molecular weight is 275 g/mol. The molecule has 0 bridgehead atoms. The number of aromatic nitrogens is 4. The third kappa shape index (κ3) is 3.61. The second kappa shape index (κ2) is 6.25. The molecule has 0 radical (unpaired) electrons. The number of hydrogen-bond donors (Lipinski definition) is 2. The van der Waals surface area contributed by atoms with Gasteiger partial charge in [0.25, 0.3) is 0 Å². The van der Waals surface area contributed by atoms with E-state index in [9.17, 15) is 4.79 Å². The maximum absolute atomic E-state index is 11.7. The van der Waals surface area contributed by atoms with Crippen molar-refractivity contribution in [1.29, 1.82) is 0 Å². The number of hydrogen-bond acceptors (Lipinski definition) is 5. The Bertz CT molecular complexity index is 594. The van der Waals surface area contributed by atoms with Gasteiger partial charge in [-0.3, -0.25) is 4.79 Å². The van der Waals surface area contributed by atoms with E-state index < -0.39 is 6.10 Å². The first-order valence-corrected chi connectivity index (χ1v) is 6.37. The lowest BCUT2D eigenvalue weighted by Crippen LogP contribution is -2.14. The molecule has 1 amide bonds. The fraction of sp³-hybridized carbons (Fsp3) is 0.385. The maximum atomic E-state index is 11.7. The first kappa shape index (κ1) is 14.1. The Kier molecular flexibility index (Phi) is 4.41. The van der Waals surface area contributed by atoms with Crippen molar-refractivity contribution < 1.29 is 9.90 Å². The molecule has 1 heterocycles. The van der Waals surface area contributed by atoms with Crippen LogP contribution in [0.15, 0.2) is 24.3 Å². The zero-order valence-corrected chi connectivity index (χ0v) is 11.4. The van der Waals surface area contributed by atoms with Gasteiger partial charge in [-0.2, -0.15) is 0 Å². The van der Waals surface area contributed by atoms with Crippen molar-refractivity contribution in [2.45, 2.75) is 25.9 Å². The van der Waals surface area contributed by atoms with E-state index >= 15 is 0 Å². The highest BCUT2D eigenvalue weighted by Gasteiger charge is 2.08. The summed E-state index contributed by atoms with van der Waals surface area (Å²) < 4.78 is 1.56. The minimum Gasteiger partial charge on any atom is -0.393 e. The molecule has 1 aromatic heterocycles. The molecule has 0 aliphatic carbocycles. The highest BCUT2D eigenvalue weighted by atomic mass is 16.3. The molecule has 0 spiro atoms. The zero-order chi connectivity index (χ0) is 14.5. The van der Waals surface area contributed by atoms with Crippen molar-refractivity contribution in [2.24, 2.45) is 7.05 Å². The average Bonchev–Trinajstić information content (AvgIpc) is 2.83. The van der Waals surface area contributed by atoms with Crippen LogP contribution in [-0.2, 0) is 11.8 Å². The molecule has 1 atom stereocenters. The normalized spacial score (nSPS) is 12.2. The fourth-order valence-corrected chi connectivity index (χ4v) is 1.77. The molecule has 106 valence electrons. The molecule has 0 fully saturated rings. The van der Waals surface area contributed by atoms with Crippen molar-refractivity contribution in [1.82, 2.24) is 20.2 Å². The monoisotopic (exact) mass is 275 g/mol. The topological polar surface area (TPSA) is 92.9 Å². The summed E-state index contributed by atoms with van der Waals surface area (Å²) >= 11 is 0.